The Balaban J connectivity index is 2.77. The molecule has 0 unspecified atom stereocenters. The number of amides is 1. The van der Waals surface area contributed by atoms with E-state index in [2.05, 4.69) is 13.2 Å². The van der Waals surface area contributed by atoms with Crippen LogP contribution < -0.4 is 10.5 Å². The first-order chi connectivity index (χ1) is 10.9. The summed E-state index contributed by atoms with van der Waals surface area (Å²) in [5.74, 6) is -1.60. The van der Waals surface area contributed by atoms with Gasteiger partial charge in [0.1, 0.15) is 18.1 Å². The molecule has 0 aliphatic rings. The maximum Gasteiger partial charge on any atom is 0.289 e. The number of aliphatic hydroxyl groups excluding tert-OH is 1. The Kier molecular flexibility index (Phi) is 4.55. The molecule has 6 nitrogen and oxygen atoms in total. The predicted octanol–water partition coefficient (Wildman–Crippen LogP) is 2.25. The van der Waals surface area contributed by atoms with Gasteiger partial charge in [-0.15, -0.1) is 6.58 Å². The summed E-state index contributed by atoms with van der Waals surface area (Å²) in [7, 11) is 0. The molecule has 1 aromatic heterocycles. The van der Waals surface area contributed by atoms with E-state index in [1.807, 2.05) is 10.6 Å². The number of allylic oxidation sites excluding steroid dienone is 1. The van der Waals surface area contributed by atoms with E-state index in [0.29, 0.717) is 28.9 Å². The lowest BCUT2D eigenvalue weighted by molar-refractivity contribution is -0.114. The van der Waals surface area contributed by atoms with Crippen molar-refractivity contribution in [2.24, 2.45) is 5.73 Å². The number of primary amides is 1. The molecular weight excluding hydrogens is 296 g/mol. The molecule has 2 aromatic rings. The van der Waals surface area contributed by atoms with E-state index < -0.39 is 11.7 Å². The Labute approximate surface area is 133 Å². The van der Waals surface area contributed by atoms with Gasteiger partial charge in [-0.25, -0.2) is 0 Å². The van der Waals surface area contributed by atoms with Crippen molar-refractivity contribution >= 4 is 22.6 Å². The molecule has 3 N–H and O–H groups in total. The van der Waals surface area contributed by atoms with Gasteiger partial charge in [0, 0.05) is 12.2 Å². The molecule has 0 aliphatic heterocycles. The van der Waals surface area contributed by atoms with Gasteiger partial charge >= 0.3 is 0 Å². The number of Topliss-reactive ketones (excluding diaryl/α,β-unsaturated/α-hetero) is 1. The predicted molar refractivity (Wildman–Crippen MR) is 87.7 cm³/mol. The zero-order chi connectivity index (χ0) is 17.1. The summed E-state index contributed by atoms with van der Waals surface area (Å²) in [5, 5.41) is 9.70. The molecule has 1 aromatic carbocycles. The number of ketones is 1. The summed E-state index contributed by atoms with van der Waals surface area (Å²) < 4.78 is 7.35. The molecule has 0 saturated heterocycles. The standard InChI is InChI=1S/C17H18N2O4/c1-4-8-19-11(3)14(16(21)17(18)22)15-12(19)6-5-7-13(15)23-9-10(2)20/h4-7,20H,1-2,8-9H2,3H3,(H2,18,22). The van der Waals surface area contributed by atoms with Gasteiger partial charge < -0.3 is 20.1 Å². The van der Waals surface area contributed by atoms with Gasteiger partial charge in [-0.3, -0.25) is 9.59 Å². The summed E-state index contributed by atoms with van der Waals surface area (Å²) in [4.78, 5) is 23.6. The van der Waals surface area contributed by atoms with Crippen LogP contribution in [0, 0.1) is 6.92 Å². The highest BCUT2D eigenvalue weighted by atomic mass is 16.5. The van der Waals surface area contributed by atoms with Crippen molar-refractivity contribution in [3.05, 3.63) is 54.4 Å². The van der Waals surface area contributed by atoms with Crippen molar-refractivity contribution in [1.82, 2.24) is 4.57 Å². The maximum atomic E-state index is 12.3. The molecule has 0 atom stereocenters. The van der Waals surface area contributed by atoms with Gasteiger partial charge in [0.15, 0.2) is 0 Å². The zero-order valence-electron chi connectivity index (χ0n) is 12.8. The molecule has 0 saturated carbocycles. The van der Waals surface area contributed by atoms with E-state index in [1.54, 1.807) is 25.1 Å². The van der Waals surface area contributed by atoms with Crippen LogP contribution in [0.2, 0.25) is 0 Å². The molecule has 0 radical (unpaired) electrons. The molecule has 23 heavy (non-hydrogen) atoms. The topological polar surface area (TPSA) is 94.6 Å². The molecular formula is C17H18N2O4. The molecule has 2 rings (SSSR count). The first kappa shape index (κ1) is 16.4. The Morgan fingerprint density at radius 2 is 2.13 bits per heavy atom. The van der Waals surface area contributed by atoms with Gasteiger partial charge in [0.25, 0.3) is 11.7 Å². The number of aromatic nitrogens is 1. The average molecular weight is 314 g/mol. The van der Waals surface area contributed by atoms with Gasteiger partial charge in [0.2, 0.25) is 0 Å². The van der Waals surface area contributed by atoms with Crippen LogP contribution >= 0.6 is 0 Å². The van der Waals surface area contributed by atoms with Crippen LogP contribution in [0.25, 0.3) is 10.9 Å². The van der Waals surface area contributed by atoms with Crippen molar-refractivity contribution in [3.8, 4) is 5.75 Å². The number of carbonyl (C=O) groups excluding carboxylic acids is 2. The number of fused-ring (bicyclic) bond motifs is 1. The van der Waals surface area contributed by atoms with Crippen LogP contribution in [-0.2, 0) is 11.3 Å². The minimum Gasteiger partial charge on any atom is -0.509 e. The normalized spacial score (nSPS) is 10.5. The fourth-order valence-electron chi connectivity index (χ4n) is 2.54. The Morgan fingerprint density at radius 3 is 2.70 bits per heavy atom. The first-order valence-electron chi connectivity index (χ1n) is 6.94. The van der Waals surface area contributed by atoms with E-state index in [0.717, 1.165) is 0 Å². The molecule has 1 amide bonds. The first-order valence-corrected chi connectivity index (χ1v) is 6.94. The second-order valence-electron chi connectivity index (χ2n) is 5.06. The summed E-state index contributed by atoms with van der Waals surface area (Å²) in [5.41, 5.74) is 6.69. The summed E-state index contributed by atoms with van der Waals surface area (Å²) in [6.45, 7) is 9.14. The number of nitrogens with zero attached hydrogens (tertiary/aromatic N) is 1. The van der Waals surface area contributed by atoms with Crippen LogP contribution in [0.5, 0.6) is 5.75 Å². The number of rotatable bonds is 7. The molecule has 120 valence electrons. The van der Waals surface area contributed by atoms with E-state index in [1.165, 1.54) is 0 Å². The highest BCUT2D eigenvalue weighted by molar-refractivity contribution is 6.45. The van der Waals surface area contributed by atoms with Crippen LogP contribution in [0.4, 0.5) is 0 Å². The second-order valence-corrected chi connectivity index (χ2v) is 5.06. The summed E-state index contributed by atoms with van der Waals surface area (Å²) >= 11 is 0. The largest absolute Gasteiger partial charge is 0.509 e. The van der Waals surface area contributed by atoms with E-state index in [-0.39, 0.29) is 17.9 Å². The maximum absolute atomic E-state index is 12.3. The average Bonchev–Trinajstić information content (AvgIpc) is 2.78. The fourth-order valence-corrected chi connectivity index (χ4v) is 2.54. The lowest BCUT2D eigenvalue weighted by atomic mass is 10.1. The second kappa shape index (κ2) is 6.39. The highest BCUT2D eigenvalue weighted by Crippen LogP contribution is 2.34. The Bertz CT molecular complexity index is 818. The summed E-state index contributed by atoms with van der Waals surface area (Å²) in [6, 6.07) is 5.22. The van der Waals surface area contributed by atoms with Gasteiger partial charge in [-0.1, -0.05) is 18.7 Å². The van der Waals surface area contributed by atoms with E-state index in [9.17, 15) is 14.7 Å². The lowest BCUT2D eigenvalue weighted by Gasteiger charge is -2.08. The van der Waals surface area contributed by atoms with Gasteiger partial charge in [0.05, 0.1) is 16.5 Å². The third-order valence-corrected chi connectivity index (χ3v) is 3.47. The van der Waals surface area contributed by atoms with Crippen molar-refractivity contribution in [2.75, 3.05) is 6.61 Å². The van der Waals surface area contributed by atoms with Crippen LogP contribution in [-0.4, -0.2) is 28.0 Å². The van der Waals surface area contributed by atoms with Crippen molar-refractivity contribution in [2.45, 2.75) is 13.5 Å². The molecule has 0 spiro atoms. The number of carbonyl (C=O) groups is 2. The molecule has 6 heteroatoms. The number of hydrogen-bond donors (Lipinski definition) is 2. The monoisotopic (exact) mass is 314 g/mol. The third kappa shape index (κ3) is 2.96. The molecule has 0 bridgehead atoms. The quantitative estimate of drug-likeness (QED) is 0.355. The SMILES string of the molecule is C=CCn1c(C)c(C(=O)C(N)=O)c2c(OCC(=C)O)cccc21. The van der Waals surface area contributed by atoms with Crippen LogP contribution in [0.3, 0.4) is 0 Å². The van der Waals surface area contributed by atoms with E-state index >= 15 is 0 Å². The zero-order valence-corrected chi connectivity index (χ0v) is 12.8. The van der Waals surface area contributed by atoms with Gasteiger partial charge in [-0.05, 0) is 19.1 Å². The van der Waals surface area contributed by atoms with Crippen molar-refractivity contribution in [1.29, 1.82) is 0 Å². The fraction of sp³-hybridized carbons (Fsp3) is 0.176. The lowest BCUT2D eigenvalue weighted by Crippen LogP contribution is -2.23. The van der Waals surface area contributed by atoms with Crippen LogP contribution in [0.1, 0.15) is 16.1 Å². The van der Waals surface area contributed by atoms with Gasteiger partial charge in [-0.2, -0.15) is 0 Å². The number of benzene rings is 1. The molecule has 1 heterocycles. The third-order valence-electron chi connectivity index (χ3n) is 3.47. The Hall–Kier alpha value is -3.02. The minimum absolute atomic E-state index is 0.116. The molecule has 0 aliphatic carbocycles. The van der Waals surface area contributed by atoms with Crippen molar-refractivity contribution in [3.63, 3.8) is 0 Å². The van der Waals surface area contributed by atoms with Crippen LogP contribution in [0.15, 0.2) is 43.2 Å². The summed E-state index contributed by atoms with van der Waals surface area (Å²) in [6.07, 6.45) is 1.69. The number of hydrogen-bond acceptors (Lipinski definition) is 4. The Morgan fingerprint density at radius 1 is 1.43 bits per heavy atom. The smallest absolute Gasteiger partial charge is 0.289 e. The van der Waals surface area contributed by atoms with E-state index in [4.69, 9.17) is 10.5 Å². The minimum atomic E-state index is -1.04. The number of aliphatic hydroxyl groups is 1. The molecule has 0 fully saturated rings. The number of ether oxygens (including phenoxy) is 1. The highest BCUT2D eigenvalue weighted by Gasteiger charge is 2.25. The number of nitrogens with two attached hydrogens (primary N) is 1. The van der Waals surface area contributed by atoms with Crippen molar-refractivity contribution < 1.29 is 19.4 Å².